The van der Waals surface area contributed by atoms with Gasteiger partial charge in [0.05, 0.1) is 10.7 Å². The molecule has 21 heavy (non-hydrogen) atoms. The smallest absolute Gasteiger partial charge is 0.225 e. The maximum absolute atomic E-state index is 12.0. The third kappa shape index (κ3) is 4.70. The van der Waals surface area contributed by atoms with Crippen molar-refractivity contribution in [1.82, 2.24) is 4.90 Å². The standard InChI is InChI=1S/C16H23ClN2O2/c1-16(12-20)8-4-9-19(11-16)10-7-15(21)18-14-6-3-2-5-13(14)17/h2-3,5-6,20H,4,7-12H2,1H3,(H,18,21). The summed E-state index contributed by atoms with van der Waals surface area (Å²) in [6.45, 7) is 4.86. The number of anilines is 1. The lowest BCUT2D eigenvalue weighted by molar-refractivity contribution is -0.116. The molecule has 1 unspecified atom stereocenters. The van der Waals surface area contributed by atoms with Crippen LogP contribution in [0.2, 0.25) is 5.02 Å². The molecule has 0 aliphatic carbocycles. The molecule has 1 fully saturated rings. The van der Waals surface area contributed by atoms with Crippen LogP contribution in [0.4, 0.5) is 5.69 Å². The number of hydrogen-bond donors (Lipinski definition) is 2. The fourth-order valence-corrected chi connectivity index (χ4v) is 2.97. The van der Waals surface area contributed by atoms with E-state index in [0.29, 0.717) is 23.7 Å². The molecule has 1 heterocycles. The maximum Gasteiger partial charge on any atom is 0.225 e. The summed E-state index contributed by atoms with van der Waals surface area (Å²) in [4.78, 5) is 14.2. The Labute approximate surface area is 131 Å². The summed E-state index contributed by atoms with van der Waals surface area (Å²) in [6.07, 6.45) is 2.56. The molecule has 4 nitrogen and oxygen atoms in total. The average Bonchev–Trinajstić information content (AvgIpc) is 2.48. The highest BCUT2D eigenvalue weighted by Crippen LogP contribution is 2.28. The van der Waals surface area contributed by atoms with Gasteiger partial charge in [-0.1, -0.05) is 30.7 Å². The van der Waals surface area contributed by atoms with E-state index in [0.717, 1.165) is 25.9 Å². The van der Waals surface area contributed by atoms with Crippen LogP contribution >= 0.6 is 11.6 Å². The summed E-state index contributed by atoms with van der Waals surface area (Å²) >= 11 is 6.02. The van der Waals surface area contributed by atoms with Crippen LogP contribution in [0.3, 0.4) is 0 Å². The first kappa shape index (κ1) is 16.3. The highest BCUT2D eigenvalue weighted by Gasteiger charge is 2.30. The van der Waals surface area contributed by atoms with Crippen LogP contribution < -0.4 is 5.32 Å². The second kappa shape index (κ2) is 7.25. The Morgan fingerprint density at radius 3 is 2.95 bits per heavy atom. The molecular weight excluding hydrogens is 288 g/mol. The molecule has 116 valence electrons. The van der Waals surface area contributed by atoms with E-state index in [1.54, 1.807) is 12.1 Å². The molecule has 0 spiro atoms. The Hall–Kier alpha value is -1.10. The van der Waals surface area contributed by atoms with Gasteiger partial charge in [-0.25, -0.2) is 0 Å². The van der Waals surface area contributed by atoms with E-state index in [2.05, 4.69) is 17.1 Å². The van der Waals surface area contributed by atoms with E-state index in [-0.39, 0.29) is 17.9 Å². The van der Waals surface area contributed by atoms with Crippen molar-refractivity contribution < 1.29 is 9.90 Å². The first-order valence-corrected chi connectivity index (χ1v) is 7.78. The van der Waals surface area contributed by atoms with Gasteiger partial charge in [-0.2, -0.15) is 0 Å². The van der Waals surface area contributed by atoms with E-state index >= 15 is 0 Å². The normalized spacial score (nSPS) is 23.0. The number of amides is 1. The molecule has 2 rings (SSSR count). The molecule has 1 saturated heterocycles. The lowest BCUT2D eigenvalue weighted by Crippen LogP contribution is -2.44. The number of likely N-dealkylation sites (tertiary alicyclic amines) is 1. The number of nitrogens with zero attached hydrogens (tertiary/aromatic N) is 1. The van der Waals surface area contributed by atoms with Crippen LogP contribution in [0.15, 0.2) is 24.3 Å². The number of halogens is 1. The van der Waals surface area contributed by atoms with Crippen LogP contribution in [0, 0.1) is 5.41 Å². The predicted molar refractivity (Wildman–Crippen MR) is 85.6 cm³/mol. The summed E-state index contributed by atoms with van der Waals surface area (Å²) in [7, 11) is 0. The maximum atomic E-state index is 12.0. The molecule has 1 aromatic carbocycles. The third-order valence-corrected chi connectivity index (χ3v) is 4.37. The van der Waals surface area contributed by atoms with Gasteiger partial charge in [-0.05, 0) is 31.5 Å². The van der Waals surface area contributed by atoms with Gasteiger partial charge in [-0.15, -0.1) is 0 Å². The van der Waals surface area contributed by atoms with Crippen LogP contribution in [0.1, 0.15) is 26.2 Å². The van der Waals surface area contributed by atoms with Gasteiger partial charge in [-0.3, -0.25) is 4.79 Å². The largest absolute Gasteiger partial charge is 0.396 e. The summed E-state index contributed by atoms with van der Waals surface area (Å²) in [6, 6.07) is 7.23. The summed E-state index contributed by atoms with van der Waals surface area (Å²) in [5.74, 6) is -0.0284. The Morgan fingerprint density at radius 1 is 1.48 bits per heavy atom. The third-order valence-electron chi connectivity index (χ3n) is 4.04. The first-order valence-electron chi connectivity index (χ1n) is 7.40. The van der Waals surface area contributed by atoms with E-state index in [1.165, 1.54) is 0 Å². The molecule has 1 aromatic rings. The van der Waals surface area contributed by atoms with Crippen LogP contribution in [0.5, 0.6) is 0 Å². The molecule has 2 N–H and O–H groups in total. The molecule has 1 atom stereocenters. The lowest BCUT2D eigenvalue weighted by atomic mass is 9.83. The van der Waals surface area contributed by atoms with Crippen molar-refractivity contribution in [3.8, 4) is 0 Å². The molecule has 0 radical (unpaired) electrons. The highest BCUT2D eigenvalue weighted by molar-refractivity contribution is 6.33. The second-order valence-corrected chi connectivity index (χ2v) is 6.53. The van der Waals surface area contributed by atoms with Crippen LogP contribution in [-0.4, -0.2) is 42.2 Å². The van der Waals surface area contributed by atoms with Gasteiger partial charge in [0.1, 0.15) is 0 Å². The Balaban J connectivity index is 1.80. The molecule has 0 bridgehead atoms. The number of aliphatic hydroxyl groups is 1. The summed E-state index contributed by atoms with van der Waals surface area (Å²) in [5.41, 5.74) is 0.625. The van der Waals surface area contributed by atoms with Crippen molar-refractivity contribution in [1.29, 1.82) is 0 Å². The number of piperidine rings is 1. The van der Waals surface area contributed by atoms with Crippen molar-refractivity contribution in [3.05, 3.63) is 29.3 Å². The molecule has 0 saturated carbocycles. The van der Waals surface area contributed by atoms with Gasteiger partial charge in [0.25, 0.3) is 0 Å². The van der Waals surface area contributed by atoms with Gasteiger partial charge in [0, 0.05) is 31.5 Å². The quantitative estimate of drug-likeness (QED) is 0.879. The molecule has 5 heteroatoms. The number of rotatable bonds is 5. The molecule has 1 aliphatic rings. The minimum absolute atomic E-state index is 0.0284. The minimum atomic E-state index is -0.0303. The zero-order valence-corrected chi connectivity index (χ0v) is 13.2. The number of carbonyl (C=O) groups excluding carboxylic acids is 1. The fraction of sp³-hybridized carbons (Fsp3) is 0.562. The molecule has 1 amide bonds. The van der Waals surface area contributed by atoms with Gasteiger partial charge < -0.3 is 15.3 Å². The van der Waals surface area contributed by atoms with Crippen molar-refractivity contribution in [2.24, 2.45) is 5.41 Å². The summed E-state index contributed by atoms with van der Waals surface area (Å²) in [5, 5.41) is 12.8. The topological polar surface area (TPSA) is 52.6 Å². The molecular formula is C16H23ClN2O2. The number of hydrogen-bond acceptors (Lipinski definition) is 3. The van der Waals surface area contributed by atoms with Gasteiger partial charge in [0.15, 0.2) is 0 Å². The van der Waals surface area contributed by atoms with E-state index in [9.17, 15) is 9.90 Å². The Bertz CT molecular complexity index is 495. The highest BCUT2D eigenvalue weighted by atomic mass is 35.5. The van der Waals surface area contributed by atoms with Crippen LogP contribution in [-0.2, 0) is 4.79 Å². The Kier molecular flexibility index (Phi) is 5.62. The molecule has 0 aromatic heterocycles. The van der Waals surface area contributed by atoms with E-state index in [1.807, 2.05) is 12.1 Å². The summed E-state index contributed by atoms with van der Waals surface area (Å²) < 4.78 is 0. The van der Waals surface area contributed by atoms with Crippen molar-refractivity contribution in [2.45, 2.75) is 26.2 Å². The SMILES string of the molecule is CC1(CO)CCCN(CCC(=O)Nc2ccccc2Cl)C1. The monoisotopic (exact) mass is 310 g/mol. The Morgan fingerprint density at radius 2 is 2.24 bits per heavy atom. The lowest BCUT2D eigenvalue weighted by Gasteiger charge is -2.39. The minimum Gasteiger partial charge on any atom is -0.396 e. The fourth-order valence-electron chi connectivity index (χ4n) is 2.78. The van der Waals surface area contributed by atoms with Crippen molar-refractivity contribution >= 4 is 23.2 Å². The first-order chi connectivity index (χ1) is 10.0. The van der Waals surface area contributed by atoms with Gasteiger partial charge in [0.2, 0.25) is 5.91 Å². The van der Waals surface area contributed by atoms with Crippen LogP contribution in [0.25, 0.3) is 0 Å². The second-order valence-electron chi connectivity index (χ2n) is 6.13. The molecule has 1 aliphatic heterocycles. The predicted octanol–water partition coefficient (Wildman–Crippen LogP) is 2.76. The zero-order valence-electron chi connectivity index (χ0n) is 12.4. The van der Waals surface area contributed by atoms with E-state index in [4.69, 9.17) is 11.6 Å². The van der Waals surface area contributed by atoms with Gasteiger partial charge >= 0.3 is 0 Å². The zero-order chi connectivity index (χ0) is 15.3. The number of aliphatic hydroxyl groups excluding tert-OH is 1. The number of para-hydroxylation sites is 1. The van der Waals surface area contributed by atoms with Crippen molar-refractivity contribution in [3.63, 3.8) is 0 Å². The average molecular weight is 311 g/mol. The number of benzene rings is 1. The number of nitrogens with one attached hydrogen (secondary N) is 1. The van der Waals surface area contributed by atoms with E-state index < -0.39 is 0 Å². The van der Waals surface area contributed by atoms with Crippen molar-refractivity contribution in [2.75, 3.05) is 31.6 Å². The number of carbonyl (C=O) groups is 1.